The number of methoxy groups -OCH3 is 1. The molecule has 2 N–H and O–H groups in total. The van der Waals surface area contributed by atoms with Crippen molar-refractivity contribution in [1.29, 1.82) is 0 Å². The molecule has 4 heteroatoms. The standard InChI is InChI=1S/C8H13NO3/c1-12-8(11)9-7-3-2-6(4-7)5-10/h2-3,6-7,10H,4-5H2,1H3,(H,9,11). The number of aliphatic hydroxyl groups is 1. The maximum Gasteiger partial charge on any atom is 0.407 e. The van der Waals surface area contributed by atoms with Gasteiger partial charge in [0.25, 0.3) is 0 Å². The van der Waals surface area contributed by atoms with E-state index in [0.29, 0.717) is 0 Å². The molecule has 0 spiro atoms. The molecule has 4 nitrogen and oxygen atoms in total. The average Bonchev–Trinajstić information content (AvgIpc) is 2.52. The first kappa shape index (κ1) is 9.06. The first-order valence-corrected chi connectivity index (χ1v) is 3.90. The van der Waals surface area contributed by atoms with Gasteiger partial charge in [-0.15, -0.1) is 0 Å². The van der Waals surface area contributed by atoms with Crippen molar-refractivity contribution in [2.45, 2.75) is 12.5 Å². The zero-order valence-electron chi connectivity index (χ0n) is 6.99. The first-order valence-electron chi connectivity index (χ1n) is 3.90. The van der Waals surface area contributed by atoms with Crippen molar-refractivity contribution in [2.24, 2.45) is 5.92 Å². The van der Waals surface area contributed by atoms with E-state index in [1.807, 2.05) is 12.2 Å². The van der Waals surface area contributed by atoms with E-state index < -0.39 is 6.09 Å². The van der Waals surface area contributed by atoms with E-state index in [-0.39, 0.29) is 18.6 Å². The smallest absolute Gasteiger partial charge is 0.407 e. The molecule has 0 saturated carbocycles. The Morgan fingerprint density at radius 1 is 1.75 bits per heavy atom. The number of hydrogen-bond donors (Lipinski definition) is 2. The fourth-order valence-electron chi connectivity index (χ4n) is 1.23. The Labute approximate surface area is 71.2 Å². The van der Waals surface area contributed by atoms with Crippen molar-refractivity contribution in [3.05, 3.63) is 12.2 Å². The third-order valence-corrected chi connectivity index (χ3v) is 1.90. The molecule has 1 amide bonds. The van der Waals surface area contributed by atoms with Gasteiger partial charge in [-0.3, -0.25) is 0 Å². The minimum atomic E-state index is -0.428. The third kappa shape index (κ3) is 2.23. The molecule has 0 heterocycles. The Hall–Kier alpha value is -1.03. The van der Waals surface area contributed by atoms with Gasteiger partial charge >= 0.3 is 6.09 Å². The second kappa shape index (κ2) is 4.11. The van der Waals surface area contributed by atoms with Crippen molar-refractivity contribution < 1.29 is 14.6 Å². The maximum atomic E-state index is 10.7. The van der Waals surface area contributed by atoms with Crippen molar-refractivity contribution in [3.63, 3.8) is 0 Å². The number of nitrogens with one attached hydrogen (secondary N) is 1. The molecule has 1 aliphatic carbocycles. The summed E-state index contributed by atoms with van der Waals surface area (Å²) >= 11 is 0. The lowest BCUT2D eigenvalue weighted by Crippen LogP contribution is -2.32. The summed E-state index contributed by atoms with van der Waals surface area (Å²) in [5.41, 5.74) is 0. The van der Waals surface area contributed by atoms with E-state index in [1.165, 1.54) is 7.11 Å². The number of carbonyl (C=O) groups excluding carboxylic acids is 1. The third-order valence-electron chi connectivity index (χ3n) is 1.90. The molecule has 2 unspecified atom stereocenters. The van der Waals surface area contributed by atoms with Crippen molar-refractivity contribution >= 4 is 6.09 Å². The molecule has 68 valence electrons. The quantitative estimate of drug-likeness (QED) is 0.587. The van der Waals surface area contributed by atoms with E-state index in [9.17, 15) is 4.79 Å². The highest BCUT2D eigenvalue weighted by Gasteiger charge is 2.19. The van der Waals surface area contributed by atoms with Crippen LogP contribution in [0.15, 0.2) is 12.2 Å². The molecular weight excluding hydrogens is 158 g/mol. The number of aliphatic hydroxyl groups excluding tert-OH is 1. The van der Waals surface area contributed by atoms with Gasteiger partial charge < -0.3 is 15.2 Å². The summed E-state index contributed by atoms with van der Waals surface area (Å²) in [5.74, 6) is 0.173. The molecule has 1 rings (SSSR count). The Morgan fingerprint density at radius 3 is 3.00 bits per heavy atom. The monoisotopic (exact) mass is 171 g/mol. The van der Waals surface area contributed by atoms with Gasteiger partial charge in [0.1, 0.15) is 0 Å². The summed E-state index contributed by atoms with van der Waals surface area (Å²) in [6.45, 7) is 0.135. The number of amides is 1. The molecule has 1 aliphatic rings. The first-order chi connectivity index (χ1) is 5.76. The van der Waals surface area contributed by atoms with Crippen LogP contribution in [0.3, 0.4) is 0 Å². The van der Waals surface area contributed by atoms with E-state index in [2.05, 4.69) is 10.1 Å². The SMILES string of the molecule is COC(=O)NC1C=CC(CO)C1. The molecular formula is C8H13NO3. The number of carbonyl (C=O) groups is 1. The van der Waals surface area contributed by atoms with E-state index in [0.717, 1.165) is 6.42 Å². The molecule has 0 aromatic carbocycles. The molecule has 0 radical (unpaired) electrons. The minimum Gasteiger partial charge on any atom is -0.453 e. The second-order valence-corrected chi connectivity index (χ2v) is 2.81. The van der Waals surface area contributed by atoms with Gasteiger partial charge in [0.2, 0.25) is 0 Å². The molecule has 0 aromatic rings. The summed E-state index contributed by atoms with van der Waals surface area (Å²) in [4.78, 5) is 10.7. The molecule has 2 atom stereocenters. The lowest BCUT2D eigenvalue weighted by molar-refractivity contribution is 0.167. The van der Waals surface area contributed by atoms with Gasteiger partial charge in [-0.1, -0.05) is 12.2 Å². The fourth-order valence-corrected chi connectivity index (χ4v) is 1.23. The van der Waals surface area contributed by atoms with Crippen LogP contribution >= 0.6 is 0 Å². The molecule has 0 aliphatic heterocycles. The Kier molecular flexibility index (Phi) is 3.10. The fraction of sp³-hybridized carbons (Fsp3) is 0.625. The number of rotatable bonds is 2. The van der Waals surface area contributed by atoms with Crippen LogP contribution in [0.5, 0.6) is 0 Å². The van der Waals surface area contributed by atoms with E-state index in [4.69, 9.17) is 5.11 Å². The Bertz CT molecular complexity index is 191. The van der Waals surface area contributed by atoms with Crippen LogP contribution in [0, 0.1) is 5.92 Å². The maximum absolute atomic E-state index is 10.7. The lowest BCUT2D eigenvalue weighted by Gasteiger charge is -2.10. The lowest BCUT2D eigenvalue weighted by atomic mass is 10.1. The van der Waals surface area contributed by atoms with Crippen molar-refractivity contribution in [3.8, 4) is 0 Å². The van der Waals surface area contributed by atoms with Crippen LogP contribution in [0.4, 0.5) is 4.79 Å². The zero-order chi connectivity index (χ0) is 8.97. The molecule has 0 bridgehead atoms. The van der Waals surface area contributed by atoms with Crippen LogP contribution in [0.2, 0.25) is 0 Å². The minimum absolute atomic E-state index is 0.00889. The summed E-state index contributed by atoms with van der Waals surface area (Å²) in [7, 11) is 1.33. The highest BCUT2D eigenvalue weighted by Crippen LogP contribution is 2.16. The normalized spacial score (nSPS) is 27.2. The highest BCUT2D eigenvalue weighted by molar-refractivity contribution is 5.67. The second-order valence-electron chi connectivity index (χ2n) is 2.81. The van der Waals surface area contributed by atoms with Crippen molar-refractivity contribution in [1.82, 2.24) is 5.32 Å². The van der Waals surface area contributed by atoms with Crippen LogP contribution in [-0.4, -0.2) is 31.0 Å². The van der Waals surface area contributed by atoms with Crippen LogP contribution in [-0.2, 0) is 4.74 Å². The van der Waals surface area contributed by atoms with Crippen LogP contribution in [0.25, 0.3) is 0 Å². The summed E-state index contributed by atoms with van der Waals surface area (Å²) in [6, 6.07) is 0.00889. The topological polar surface area (TPSA) is 58.6 Å². The van der Waals surface area contributed by atoms with Gasteiger partial charge in [0.15, 0.2) is 0 Å². The Morgan fingerprint density at radius 2 is 2.50 bits per heavy atom. The van der Waals surface area contributed by atoms with Crippen LogP contribution in [0.1, 0.15) is 6.42 Å². The van der Waals surface area contributed by atoms with Gasteiger partial charge in [-0.2, -0.15) is 0 Å². The predicted molar refractivity (Wildman–Crippen MR) is 43.7 cm³/mol. The number of hydrogen-bond acceptors (Lipinski definition) is 3. The van der Waals surface area contributed by atoms with Gasteiger partial charge in [-0.25, -0.2) is 4.79 Å². The molecule has 0 fully saturated rings. The summed E-state index contributed by atoms with van der Waals surface area (Å²) in [5, 5.41) is 11.4. The van der Waals surface area contributed by atoms with E-state index in [1.54, 1.807) is 0 Å². The van der Waals surface area contributed by atoms with Crippen molar-refractivity contribution in [2.75, 3.05) is 13.7 Å². The average molecular weight is 171 g/mol. The Balaban J connectivity index is 2.29. The van der Waals surface area contributed by atoms with E-state index >= 15 is 0 Å². The summed E-state index contributed by atoms with van der Waals surface area (Å²) in [6.07, 6.45) is 4.10. The van der Waals surface area contributed by atoms with Gasteiger partial charge in [0, 0.05) is 12.5 Å². The predicted octanol–water partition coefficient (Wildman–Crippen LogP) is 0.279. The molecule has 0 aromatic heterocycles. The zero-order valence-corrected chi connectivity index (χ0v) is 6.99. The van der Waals surface area contributed by atoms with Gasteiger partial charge in [0.05, 0.1) is 13.2 Å². The van der Waals surface area contributed by atoms with Crippen LogP contribution < -0.4 is 5.32 Å². The molecule has 0 saturated heterocycles. The number of ether oxygens (including phenoxy) is 1. The number of alkyl carbamates (subject to hydrolysis) is 1. The summed E-state index contributed by atoms with van der Waals surface area (Å²) < 4.78 is 4.43. The van der Waals surface area contributed by atoms with Gasteiger partial charge in [-0.05, 0) is 6.42 Å². The highest BCUT2D eigenvalue weighted by atomic mass is 16.5. The molecule has 12 heavy (non-hydrogen) atoms. The largest absolute Gasteiger partial charge is 0.453 e.